The van der Waals surface area contributed by atoms with Crippen LogP contribution in [0, 0.1) is 0 Å². The number of likely N-dealkylation sites (tertiary alicyclic amines) is 1. The van der Waals surface area contributed by atoms with Gasteiger partial charge in [-0.2, -0.15) is 0 Å². The van der Waals surface area contributed by atoms with Crippen molar-refractivity contribution in [3.63, 3.8) is 0 Å². The summed E-state index contributed by atoms with van der Waals surface area (Å²) in [5.74, 6) is -0.0338. The van der Waals surface area contributed by atoms with Crippen LogP contribution in [0.4, 0.5) is 0 Å². The molecule has 1 fully saturated rings. The first-order valence-electron chi connectivity index (χ1n) is 7.93. The summed E-state index contributed by atoms with van der Waals surface area (Å²) in [6.07, 6.45) is -0.401. The molecule has 0 saturated carbocycles. The van der Waals surface area contributed by atoms with Gasteiger partial charge in [-0.1, -0.05) is 12.1 Å². The maximum absolute atomic E-state index is 10.8. The lowest BCUT2D eigenvalue weighted by Gasteiger charge is -2.24. The lowest BCUT2D eigenvalue weighted by molar-refractivity contribution is -0.138. The van der Waals surface area contributed by atoms with Crippen LogP contribution in [0.15, 0.2) is 24.3 Å². The molecule has 0 spiro atoms. The number of aliphatic hydroxyl groups is 1. The first-order valence-corrected chi connectivity index (χ1v) is 7.93. The topological polar surface area (TPSA) is 73.2 Å². The van der Waals surface area contributed by atoms with E-state index in [1.165, 1.54) is 0 Å². The van der Waals surface area contributed by atoms with E-state index >= 15 is 0 Å². The van der Waals surface area contributed by atoms with Crippen LogP contribution in [-0.2, 0) is 11.3 Å². The predicted octanol–water partition coefficient (Wildman–Crippen LogP) is 1.04. The van der Waals surface area contributed by atoms with Gasteiger partial charge in [0.05, 0.1) is 18.8 Å². The molecular weight excluding hydrogens is 296 g/mol. The van der Waals surface area contributed by atoms with Gasteiger partial charge in [-0.05, 0) is 38.6 Å². The largest absolute Gasteiger partial charge is 0.491 e. The van der Waals surface area contributed by atoms with Crippen LogP contribution >= 0.6 is 0 Å². The number of hydrogen-bond acceptors (Lipinski definition) is 5. The summed E-state index contributed by atoms with van der Waals surface area (Å²) in [4.78, 5) is 14.7. The van der Waals surface area contributed by atoms with Gasteiger partial charge in [-0.3, -0.25) is 14.6 Å². The molecule has 6 nitrogen and oxygen atoms in total. The number of hydrogen-bond donors (Lipinski definition) is 2. The molecule has 0 bridgehead atoms. The minimum atomic E-state index is -0.878. The summed E-state index contributed by atoms with van der Waals surface area (Å²) >= 11 is 0. The van der Waals surface area contributed by atoms with E-state index in [0.29, 0.717) is 19.6 Å². The number of aliphatic carboxylic acids is 1. The molecule has 2 atom stereocenters. The van der Waals surface area contributed by atoms with E-state index in [1.807, 2.05) is 38.1 Å². The van der Waals surface area contributed by atoms with Crippen LogP contribution in [0.3, 0.4) is 0 Å². The number of nitrogens with zero attached hydrogens (tertiary/aromatic N) is 2. The van der Waals surface area contributed by atoms with Crippen LogP contribution in [0.2, 0.25) is 0 Å². The van der Waals surface area contributed by atoms with Crippen LogP contribution in [-0.4, -0.2) is 70.9 Å². The van der Waals surface area contributed by atoms with Crippen molar-refractivity contribution in [3.8, 4) is 5.75 Å². The highest BCUT2D eigenvalue weighted by Crippen LogP contribution is 2.20. The Morgan fingerprint density at radius 3 is 2.83 bits per heavy atom. The molecule has 23 heavy (non-hydrogen) atoms. The van der Waals surface area contributed by atoms with E-state index in [2.05, 4.69) is 4.90 Å². The minimum absolute atomic E-state index is 0.0622. The summed E-state index contributed by atoms with van der Waals surface area (Å²) in [6.45, 7) is 5.83. The predicted molar refractivity (Wildman–Crippen MR) is 87.5 cm³/mol. The number of ether oxygens (including phenoxy) is 1. The second-order valence-electron chi connectivity index (χ2n) is 6.45. The molecule has 128 valence electrons. The van der Waals surface area contributed by atoms with E-state index < -0.39 is 12.1 Å². The number of benzene rings is 1. The fourth-order valence-corrected chi connectivity index (χ4v) is 2.99. The molecule has 0 aromatic heterocycles. The molecule has 1 aromatic carbocycles. The molecule has 1 saturated heterocycles. The molecule has 1 aliphatic rings. The molecule has 2 rings (SSSR count). The maximum Gasteiger partial charge on any atom is 0.317 e. The van der Waals surface area contributed by atoms with E-state index in [1.54, 1.807) is 11.9 Å². The lowest BCUT2D eigenvalue weighted by Crippen LogP contribution is -2.43. The van der Waals surface area contributed by atoms with E-state index in [-0.39, 0.29) is 18.7 Å². The Morgan fingerprint density at radius 1 is 1.43 bits per heavy atom. The van der Waals surface area contributed by atoms with Crippen molar-refractivity contribution in [2.75, 3.05) is 26.7 Å². The number of carboxylic acids is 1. The van der Waals surface area contributed by atoms with Crippen LogP contribution in [0.1, 0.15) is 19.4 Å². The van der Waals surface area contributed by atoms with Gasteiger partial charge in [0.1, 0.15) is 5.75 Å². The number of likely N-dealkylation sites (N-methyl/N-ethyl adjacent to an activating group) is 1. The average Bonchev–Trinajstić information content (AvgIpc) is 2.78. The molecule has 0 amide bonds. The Labute approximate surface area is 137 Å². The zero-order chi connectivity index (χ0) is 17.0. The van der Waals surface area contributed by atoms with Gasteiger partial charge in [0.15, 0.2) is 0 Å². The summed E-state index contributed by atoms with van der Waals surface area (Å²) in [6, 6.07) is 7.80. The highest BCUT2D eigenvalue weighted by Gasteiger charge is 2.34. The number of β-amino-alcohol motifs (C(OH)–C–C–N with tert-alkyl or cyclic N) is 1. The fraction of sp³-hybridized carbons (Fsp3) is 0.588. The Bertz CT molecular complexity index is 535. The quantitative estimate of drug-likeness (QED) is 0.781. The smallest absolute Gasteiger partial charge is 0.317 e. The zero-order valence-electron chi connectivity index (χ0n) is 14.0. The molecule has 6 heteroatoms. The van der Waals surface area contributed by atoms with Crippen molar-refractivity contribution in [2.24, 2.45) is 0 Å². The van der Waals surface area contributed by atoms with Gasteiger partial charge >= 0.3 is 5.97 Å². The van der Waals surface area contributed by atoms with Crippen molar-refractivity contribution in [2.45, 2.75) is 38.6 Å². The second-order valence-corrected chi connectivity index (χ2v) is 6.45. The average molecular weight is 322 g/mol. The number of carbonyl (C=O) groups is 1. The van der Waals surface area contributed by atoms with Gasteiger partial charge < -0.3 is 14.9 Å². The SMILES string of the molecule is CC(C)Oc1cccc(CN2C[C@@H](O)[C@@H](N(C)CC(=O)O)C2)c1. The summed E-state index contributed by atoms with van der Waals surface area (Å²) in [5, 5.41) is 19.1. The number of carboxylic acid groups (broad SMARTS) is 1. The lowest BCUT2D eigenvalue weighted by atomic mass is 10.2. The molecular formula is C17H26N2O4. The molecule has 1 heterocycles. The van der Waals surface area contributed by atoms with Crippen LogP contribution in [0.25, 0.3) is 0 Å². The van der Waals surface area contributed by atoms with Crippen LogP contribution < -0.4 is 4.74 Å². The fourth-order valence-electron chi connectivity index (χ4n) is 2.99. The summed E-state index contributed by atoms with van der Waals surface area (Å²) in [7, 11) is 1.74. The monoisotopic (exact) mass is 322 g/mol. The standard InChI is InChI=1S/C17H26N2O4/c1-12(2)23-14-6-4-5-13(7-14)8-19-9-15(16(20)10-19)18(3)11-17(21)22/h4-7,12,15-16,20H,8-11H2,1-3H3,(H,21,22)/t15-,16+/m0/s1. The van der Waals surface area contributed by atoms with Crippen molar-refractivity contribution in [1.29, 1.82) is 0 Å². The van der Waals surface area contributed by atoms with Crippen molar-refractivity contribution in [1.82, 2.24) is 9.80 Å². The third-order valence-electron chi connectivity index (χ3n) is 3.96. The van der Waals surface area contributed by atoms with Gasteiger partial charge in [-0.15, -0.1) is 0 Å². The Balaban J connectivity index is 1.95. The molecule has 1 aliphatic heterocycles. The minimum Gasteiger partial charge on any atom is -0.491 e. The zero-order valence-corrected chi connectivity index (χ0v) is 14.0. The second kappa shape index (κ2) is 7.77. The number of aliphatic hydroxyl groups excluding tert-OH is 1. The molecule has 1 aromatic rings. The highest BCUT2D eigenvalue weighted by molar-refractivity contribution is 5.69. The van der Waals surface area contributed by atoms with Gasteiger partial charge in [-0.25, -0.2) is 0 Å². The summed E-state index contributed by atoms with van der Waals surface area (Å²) < 4.78 is 5.70. The highest BCUT2D eigenvalue weighted by atomic mass is 16.5. The molecule has 2 N–H and O–H groups in total. The third kappa shape index (κ3) is 5.20. The first-order chi connectivity index (χ1) is 10.8. The van der Waals surface area contributed by atoms with Crippen molar-refractivity contribution < 1.29 is 19.7 Å². The van der Waals surface area contributed by atoms with E-state index in [9.17, 15) is 9.90 Å². The molecule has 0 unspecified atom stereocenters. The Kier molecular flexibility index (Phi) is 5.98. The number of rotatable bonds is 7. The van der Waals surface area contributed by atoms with Gasteiger partial charge in [0.25, 0.3) is 0 Å². The molecule has 0 aliphatic carbocycles. The third-order valence-corrected chi connectivity index (χ3v) is 3.96. The Hall–Kier alpha value is -1.63. The van der Waals surface area contributed by atoms with Crippen LogP contribution in [0.5, 0.6) is 5.75 Å². The summed E-state index contributed by atoms with van der Waals surface area (Å²) in [5.41, 5.74) is 1.12. The normalized spacial score (nSPS) is 22.0. The maximum atomic E-state index is 10.8. The van der Waals surface area contributed by atoms with Crippen molar-refractivity contribution in [3.05, 3.63) is 29.8 Å². The van der Waals surface area contributed by atoms with E-state index in [4.69, 9.17) is 9.84 Å². The van der Waals surface area contributed by atoms with E-state index in [0.717, 1.165) is 11.3 Å². The van der Waals surface area contributed by atoms with Gasteiger partial charge in [0, 0.05) is 25.7 Å². The molecule has 0 radical (unpaired) electrons. The first kappa shape index (κ1) is 17.7. The van der Waals surface area contributed by atoms with Gasteiger partial charge in [0.2, 0.25) is 0 Å². The van der Waals surface area contributed by atoms with Crippen molar-refractivity contribution >= 4 is 5.97 Å². The Morgan fingerprint density at radius 2 is 2.17 bits per heavy atom.